The molecule has 5 heteroatoms. The van der Waals surface area contributed by atoms with Gasteiger partial charge in [0.05, 0.1) is 17.5 Å². The molecule has 0 bridgehead atoms. The molecule has 0 fully saturated rings. The van der Waals surface area contributed by atoms with Gasteiger partial charge in [-0.1, -0.05) is 6.07 Å². The Morgan fingerprint density at radius 2 is 2.11 bits per heavy atom. The molecule has 0 spiro atoms. The molecule has 0 saturated heterocycles. The topological polar surface area (TPSA) is 57.6 Å². The van der Waals surface area contributed by atoms with Crippen molar-refractivity contribution in [3.8, 4) is 0 Å². The molecular weight excluding hydrogens is 249 g/mol. The molecule has 1 aromatic rings. The van der Waals surface area contributed by atoms with Crippen molar-refractivity contribution >= 4 is 17.6 Å². The molecule has 0 atom stereocenters. The molecule has 1 amide bonds. The molecule has 0 aromatic heterocycles. The van der Waals surface area contributed by atoms with E-state index in [1.807, 2.05) is 0 Å². The minimum absolute atomic E-state index is 0.149. The highest BCUT2D eigenvalue weighted by molar-refractivity contribution is 6.01. The van der Waals surface area contributed by atoms with Crippen molar-refractivity contribution in [1.82, 2.24) is 0 Å². The minimum Gasteiger partial charge on any atom is -0.481 e. The lowest BCUT2D eigenvalue weighted by atomic mass is 9.85. The number of carbonyl (C=O) groups excluding carboxylic acids is 1. The summed E-state index contributed by atoms with van der Waals surface area (Å²) in [7, 11) is 1.54. The second-order valence-corrected chi connectivity index (χ2v) is 5.58. The first kappa shape index (κ1) is 13.5. The van der Waals surface area contributed by atoms with Crippen LogP contribution in [-0.4, -0.2) is 24.0 Å². The Kier molecular flexibility index (Phi) is 3.08. The SMILES string of the molecule is CN1C(=O)Cc2cc(CC(C)(C)C(=O)O)cc(F)c21. The number of halogens is 1. The standard InChI is InChI=1S/C14H16FNO3/c1-14(2,13(18)19)7-8-4-9-6-11(17)16(3)12(9)10(15)5-8/h4-5H,6-7H2,1-3H3,(H,18,19). The number of carboxylic acid groups (broad SMARTS) is 1. The fourth-order valence-electron chi connectivity index (χ4n) is 2.32. The van der Waals surface area contributed by atoms with Gasteiger partial charge in [-0.05, 0) is 37.5 Å². The molecule has 0 radical (unpaired) electrons. The number of carboxylic acids is 1. The molecule has 1 aliphatic rings. The van der Waals surface area contributed by atoms with Gasteiger partial charge in [0, 0.05) is 7.05 Å². The van der Waals surface area contributed by atoms with Crippen molar-refractivity contribution in [3.63, 3.8) is 0 Å². The highest BCUT2D eigenvalue weighted by Gasteiger charge is 2.31. The Hall–Kier alpha value is -1.91. The Morgan fingerprint density at radius 3 is 2.68 bits per heavy atom. The van der Waals surface area contributed by atoms with Crippen LogP contribution in [0.15, 0.2) is 12.1 Å². The van der Waals surface area contributed by atoms with Crippen LogP contribution in [0.3, 0.4) is 0 Å². The summed E-state index contributed by atoms with van der Waals surface area (Å²) in [5, 5.41) is 9.09. The molecular formula is C14H16FNO3. The van der Waals surface area contributed by atoms with E-state index in [2.05, 4.69) is 0 Å². The van der Waals surface area contributed by atoms with Crippen molar-refractivity contribution in [3.05, 3.63) is 29.1 Å². The molecule has 0 aliphatic carbocycles. The zero-order valence-corrected chi connectivity index (χ0v) is 11.2. The first-order chi connectivity index (χ1) is 8.72. The number of likely N-dealkylation sites (N-methyl/N-ethyl adjacent to an activating group) is 1. The monoisotopic (exact) mass is 265 g/mol. The largest absolute Gasteiger partial charge is 0.481 e. The highest BCUT2D eigenvalue weighted by Crippen LogP contribution is 2.33. The molecule has 1 aliphatic heterocycles. The predicted octanol–water partition coefficient (Wildman–Crippen LogP) is 2.00. The van der Waals surface area contributed by atoms with Gasteiger partial charge < -0.3 is 10.0 Å². The minimum atomic E-state index is -0.963. The molecule has 1 aromatic carbocycles. The van der Waals surface area contributed by atoms with Crippen LogP contribution in [0.2, 0.25) is 0 Å². The maximum absolute atomic E-state index is 14.0. The van der Waals surface area contributed by atoms with E-state index >= 15 is 0 Å². The second-order valence-electron chi connectivity index (χ2n) is 5.58. The number of hydrogen-bond acceptors (Lipinski definition) is 2. The number of amides is 1. The number of rotatable bonds is 3. The van der Waals surface area contributed by atoms with E-state index in [0.29, 0.717) is 16.8 Å². The van der Waals surface area contributed by atoms with Crippen molar-refractivity contribution in [2.45, 2.75) is 26.7 Å². The van der Waals surface area contributed by atoms with Crippen LogP contribution in [0.5, 0.6) is 0 Å². The van der Waals surface area contributed by atoms with Crippen LogP contribution < -0.4 is 4.90 Å². The van der Waals surface area contributed by atoms with Crippen molar-refractivity contribution < 1.29 is 19.1 Å². The van der Waals surface area contributed by atoms with Crippen molar-refractivity contribution in [2.24, 2.45) is 5.41 Å². The van der Waals surface area contributed by atoms with Gasteiger partial charge in [0.15, 0.2) is 0 Å². The summed E-state index contributed by atoms with van der Waals surface area (Å²) >= 11 is 0. The van der Waals surface area contributed by atoms with Gasteiger partial charge in [-0.15, -0.1) is 0 Å². The van der Waals surface area contributed by atoms with Gasteiger partial charge in [0.25, 0.3) is 0 Å². The van der Waals surface area contributed by atoms with Gasteiger partial charge in [-0.2, -0.15) is 0 Å². The molecule has 1 N–H and O–H groups in total. The molecule has 0 unspecified atom stereocenters. The van der Waals surface area contributed by atoms with Gasteiger partial charge >= 0.3 is 5.97 Å². The van der Waals surface area contributed by atoms with Crippen LogP contribution in [0, 0.1) is 11.2 Å². The summed E-state index contributed by atoms with van der Waals surface area (Å²) in [4.78, 5) is 23.9. The quantitative estimate of drug-likeness (QED) is 0.909. The van der Waals surface area contributed by atoms with E-state index in [1.165, 1.54) is 18.0 Å². The lowest BCUT2D eigenvalue weighted by Crippen LogP contribution is -2.26. The van der Waals surface area contributed by atoms with Gasteiger partial charge in [0.1, 0.15) is 5.82 Å². The smallest absolute Gasteiger partial charge is 0.309 e. The molecule has 2 rings (SSSR count). The second kappa shape index (κ2) is 4.33. The number of anilines is 1. The summed E-state index contributed by atoms with van der Waals surface area (Å²) in [6, 6.07) is 3.04. The Bertz CT molecular complexity index is 566. The van der Waals surface area contributed by atoms with E-state index in [0.717, 1.165) is 0 Å². The summed E-state index contributed by atoms with van der Waals surface area (Å²) in [5.41, 5.74) is 0.576. The zero-order chi connectivity index (χ0) is 14.4. The maximum Gasteiger partial charge on any atom is 0.309 e. The molecule has 19 heavy (non-hydrogen) atoms. The van der Waals surface area contributed by atoms with E-state index < -0.39 is 17.2 Å². The van der Waals surface area contributed by atoms with Crippen molar-refractivity contribution in [1.29, 1.82) is 0 Å². The van der Waals surface area contributed by atoms with Crippen molar-refractivity contribution in [2.75, 3.05) is 11.9 Å². The van der Waals surface area contributed by atoms with Crippen LogP contribution in [0.25, 0.3) is 0 Å². The summed E-state index contributed by atoms with van der Waals surface area (Å²) in [6.45, 7) is 3.19. The van der Waals surface area contributed by atoms with Gasteiger partial charge in [-0.3, -0.25) is 9.59 Å². The fourth-order valence-corrected chi connectivity index (χ4v) is 2.32. The third-order valence-corrected chi connectivity index (χ3v) is 3.48. The third kappa shape index (κ3) is 2.32. The summed E-state index contributed by atoms with van der Waals surface area (Å²) in [5.74, 6) is -1.55. The first-order valence-corrected chi connectivity index (χ1v) is 6.03. The van der Waals surface area contributed by atoms with E-state index in [1.54, 1.807) is 19.9 Å². The summed E-state index contributed by atoms with van der Waals surface area (Å²) < 4.78 is 14.0. The predicted molar refractivity (Wildman–Crippen MR) is 68.6 cm³/mol. The van der Waals surface area contributed by atoms with Crippen LogP contribution in [0.1, 0.15) is 25.0 Å². The molecule has 1 heterocycles. The maximum atomic E-state index is 14.0. The molecule has 0 saturated carbocycles. The zero-order valence-electron chi connectivity index (χ0n) is 11.2. The van der Waals surface area contributed by atoms with Crippen LogP contribution in [-0.2, 0) is 22.4 Å². The lowest BCUT2D eigenvalue weighted by molar-refractivity contribution is -0.146. The van der Waals surface area contributed by atoms with Gasteiger partial charge in [0.2, 0.25) is 5.91 Å². The molecule has 4 nitrogen and oxygen atoms in total. The fraction of sp³-hybridized carbons (Fsp3) is 0.429. The number of hydrogen-bond donors (Lipinski definition) is 1. The third-order valence-electron chi connectivity index (χ3n) is 3.48. The number of carbonyl (C=O) groups is 2. The average Bonchev–Trinajstić information content (AvgIpc) is 2.53. The Morgan fingerprint density at radius 1 is 1.47 bits per heavy atom. The van der Waals surface area contributed by atoms with E-state index in [4.69, 9.17) is 5.11 Å². The molecule has 102 valence electrons. The number of nitrogens with zero attached hydrogens (tertiary/aromatic N) is 1. The normalized spacial score (nSPS) is 14.7. The Labute approximate surface area is 110 Å². The van der Waals surface area contributed by atoms with Crippen LogP contribution >= 0.6 is 0 Å². The number of aliphatic carboxylic acids is 1. The van der Waals surface area contributed by atoms with Gasteiger partial charge in [-0.25, -0.2) is 4.39 Å². The Balaban J connectivity index is 2.37. The van der Waals surface area contributed by atoms with E-state index in [9.17, 15) is 14.0 Å². The lowest BCUT2D eigenvalue weighted by Gasteiger charge is -2.20. The highest BCUT2D eigenvalue weighted by atomic mass is 19.1. The average molecular weight is 265 g/mol. The first-order valence-electron chi connectivity index (χ1n) is 6.03. The number of fused-ring (bicyclic) bond motifs is 1. The van der Waals surface area contributed by atoms with E-state index in [-0.39, 0.29) is 18.7 Å². The number of benzene rings is 1. The van der Waals surface area contributed by atoms with Crippen LogP contribution in [0.4, 0.5) is 10.1 Å². The summed E-state index contributed by atoms with van der Waals surface area (Å²) in [6.07, 6.45) is 0.397.